The van der Waals surface area contributed by atoms with E-state index in [1.807, 2.05) is 0 Å². The molecule has 0 saturated carbocycles. The summed E-state index contributed by atoms with van der Waals surface area (Å²) in [5.41, 5.74) is 0. The lowest BCUT2D eigenvalue weighted by Crippen LogP contribution is -1.95. The van der Waals surface area contributed by atoms with E-state index in [2.05, 4.69) is 9.97 Å². The molecule has 0 fully saturated rings. The largest absolute Gasteiger partial charge is 0.436 e. The van der Waals surface area contributed by atoms with Gasteiger partial charge in [-0.05, 0) is 11.6 Å². The van der Waals surface area contributed by atoms with Crippen molar-refractivity contribution in [1.82, 2.24) is 9.97 Å². The number of halogens is 4. The second-order valence-corrected chi connectivity index (χ2v) is 3.34. The molecular weight excluding hydrogens is 257 g/mol. The number of aromatic nitrogens is 2. The highest BCUT2D eigenvalue weighted by molar-refractivity contribution is 6.28. The Kier molecular flexibility index (Phi) is 3.14. The van der Waals surface area contributed by atoms with Gasteiger partial charge in [-0.1, -0.05) is 0 Å². The summed E-state index contributed by atoms with van der Waals surface area (Å²) in [5, 5.41) is -0.238. The van der Waals surface area contributed by atoms with Crippen LogP contribution >= 0.6 is 11.6 Å². The van der Waals surface area contributed by atoms with E-state index in [0.29, 0.717) is 6.07 Å². The van der Waals surface area contributed by atoms with Gasteiger partial charge >= 0.3 is 0 Å². The maximum atomic E-state index is 13.2. The van der Waals surface area contributed by atoms with E-state index in [1.54, 1.807) is 0 Å². The second-order valence-electron chi connectivity index (χ2n) is 3.00. The number of ether oxygens (including phenoxy) is 1. The lowest BCUT2D eigenvalue weighted by atomic mass is 10.3. The lowest BCUT2D eigenvalue weighted by Gasteiger charge is -2.05. The van der Waals surface area contributed by atoms with Crippen LogP contribution < -0.4 is 4.74 Å². The summed E-state index contributed by atoms with van der Waals surface area (Å²) in [6.45, 7) is 0. The van der Waals surface area contributed by atoms with Gasteiger partial charge in [0.25, 0.3) is 5.88 Å². The van der Waals surface area contributed by atoms with Crippen molar-refractivity contribution in [2.24, 2.45) is 0 Å². The predicted octanol–water partition coefficient (Wildman–Crippen LogP) is 3.34. The minimum Gasteiger partial charge on any atom is -0.436 e. The average molecular weight is 261 g/mol. The summed E-state index contributed by atoms with van der Waals surface area (Å²) in [7, 11) is 0. The third-order valence-electron chi connectivity index (χ3n) is 1.73. The third kappa shape index (κ3) is 2.85. The van der Waals surface area contributed by atoms with Gasteiger partial charge in [0.1, 0.15) is 17.4 Å². The molecule has 7 heteroatoms. The van der Waals surface area contributed by atoms with Crippen molar-refractivity contribution in [1.29, 1.82) is 0 Å². The lowest BCUT2D eigenvalue weighted by molar-refractivity contribution is 0.413. The summed E-state index contributed by atoms with van der Waals surface area (Å²) >= 11 is 5.43. The van der Waals surface area contributed by atoms with Crippen molar-refractivity contribution >= 4 is 11.6 Å². The summed E-state index contributed by atoms with van der Waals surface area (Å²) in [6.07, 6.45) is 0.792. The monoisotopic (exact) mass is 260 g/mol. The molecule has 0 radical (unpaired) electrons. The second kappa shape index (κ2) is 4.58. The molecule has 0 bridgehead atoms. The quantitative estimate of drug-likeness (QED) is 0.777. The zero-order chi connectivity index (χ0) is 12.4. The first-order valence-electron chi connectivity index (χ1n) is 4.36. The van der Waals surface area contributed by atoms with Gasteiger partial charge in [-0.15, -0.1) is 0 Å². The summed E-state index contributed by atoms with van der Waals surface area (Å²) in [4.78, 5) is 6.81. The molecular formula is C10H4ClF3N2O. The van der Waals surface area contributed by atoms with Gasteiger partial charge in [-0.2, -0.15) is 9.37 Å². The molecule has 0 aliphatic carbocycles. The van der Waals surface area contributed by atoms with Crippen molar-refractivity contribution < 1.29 is 17.9 Å². The van der Waals surface area contributed by atoms with Gasteiger partial charge in [0, 0.05) is 18.2 Å². The zero-order valence-corrected chi connectivity index (χ0v) is 8.88. The van der Waals surface area contributed by atoms with E-state index < -0.39 is 23.3 Å². The van der Waals surface area contributed by atoms with Crippen LogP contribution in [0.15, 0.2) is 24.4 Å². The van der Waals surface area contributed by atoms with E-state index >= 15 is 0 Å². The molecule has 0 amide bonds. The molecule has 2 aromatic rings. The first-order valence-corrected chi connectivity index (χ1v) is 4.74. The van der Waals surface area contributed by atoms with Crippen LogP contribution in [0.3, 0.4) is 0 Å². The smallest absolute Gasteiger partial charge is 0.260 e. The molecule has 0 atom stereocenters. The Hall–Kier alpha value is -1.82. The molecule has 2 rings (SSSR count). The van der Waals surface area contributed by atoms with Gasteiger partial charge in [-0.25, -0.2) is 13.8 Å². The number of benzene rings is 1. The summed E-state index contributed by atoms with van der Waals surface area (Å²) in [5.74, 6) is -3.31. The molecule has 0 saturated heterocycles. The van der Waals surface area contributed by atoms with E-state index in [0.717, 1.165) is 18.3 Å². The van der Waals surface area contributed by atoms with Crippen LogP contribution in [0.25, 0.3) is 0 Å². The van der Waals surface area contributed by atoms with Crippen LogP contribution in [0.5, 0.6) is 11.6 Å². The van der Waals surface area contributed by atoms with Crippen LogP contribution in [0, 0.1) is 17.5 Å². The third-order valence-corrected chi connectivity index (χ3v) is 1.92. The fourth-order valence-corrected chi connectivity index (χ4v) is 1.23. The molecule has 0 spiro atoms. The Morgan fingerprint density at radius 1 is 1.06 bits per heavy atom. The number of rotatable bonds is 2. The Morgan fingerprint density at radius 3 is 2.35 bits per heavy atom. The fourth-order valence-electron chi connectivity index (χ4n) is 1.10. The molecule has 3 nitrogen and oxygen atoms in total. The zero-order valence-electron chi connectivity index (χ0n) is 8.12. The van der Waals surface area contributed by atoms with E-state index in [-0.39, 0.29) is 11.0 Å². The Balaban J connectivity index is 2.34. The van der Waals surface area contributed by atoms with Gasteiger partial charge in [0.2, 0.25) is 11.1 Å². The minimum atomic E-state index is -0.890. The molecule has 0 unspecified atom stereocenters. The first-order chi connectivity index (χ1) is 8.04. The van der Waals surface area contributed by atoms with E-state index in [4.69, 9.17) is 16.3 Å². The fraction of sp³-hybridized carbons (Fsp3) is 0. The van der Waals surface area contributed by atoms with Crippen LogP contribution in [0.1, 0.15) is 0 Å². The Bertz CT molecular complexity index is 545. The van der Waals surface area contributed by atoms with Crippen LogP contribution in [-0.2, 0) is 0 Å². The van der Waals surface area contributed by atoms with Crippen molar-refractivity contribution in [3.63, 3.8) is 0 Å². The van der Waals surface area contributed by atoms with Gasteiger partial charge in [0.05, 0.1) is 6.20 Å². The molecule has 0 N–H and O–H groups in total. The normalized spacial score (nSPS) is 10.4. The molecule has 1 aromatic heterocycles. The highest BCUT2D eigenvalue weighted by Gasteiger charge is 2.10. The molecule has 88 valence electrons. The maximum absolute atomic E-state index is 13.2. The predicted molar refractivity (Wildman–Crippen MR) is 53.4 cm³/mol. The van der Waals surface area contributed by atoms with Crippen molar-refractivity contribution in [3.8, 4) is 11.6 Å². The van der Waals surface area contributed by atoms with E-state index in [1.165, 1.54) is 0 Å². The Morgan fingerprint density at radius 2 is 1.71 bits per heavy atom. The number of hydrogen-bond donors (Lipinski definition) is 0. The van der Waals surface area contributed by atoms with Gasteiger partial charge in [-0.3, -0.25) is 0 Å². The first kappa shape index (κ1) is 11.7. The van der Waals surface area contributed by atoms with Crippen molar-refractivity contribution in [2.45, 2.75) is 0 Å². The minimum absolute atomic E-state index is 0.226. The van der Waals surface area contributed by atoms with Crippen molar-refractivity contribution in [3.05, 3.63) is 47.1 Å². The summed E-state index contributed by atoms with van der Waals surface area (Å²) in [6, 6.07) is 2.44. The van der Waals surface area contributed by atoms with Crippen LogP contribution in [-0.4, -0.2) is 9.97 Å². The maximum Gasteiger partial charge on any atom is 0.260 e. The average Bonchev–Trinajstić information content (AvgIpc) is 2.22. The van der Waals surface area contributed by atoms with Gasteiger partial charge in [0.15, 0.2) is 0 Å². The summed E-state index contributed by atoms with van der Waals surface area (Å²) < 4.78 is 43.7. The highest BCUT2D eigenvalue weighted by Crippen LogP contribution is 2.24. The van der Waals surface area contributed by atoms with Crippen LogP contribution in [0.4, 0.5) is 13.2 Å². The molecule has 0 aliphatic heterocycles. The molecule has 1 heterocycles. The van der Waals surface area contributed by atoms with E-state index in [9.17, 15) is 13.2 Å². The standard InChI is InChI=1S/C10H4ClF3N2O/c11-10-15-4-8(14)9(16-10)17-7-2-5(12)1-6(13)3-7/h1-4H. The SMILES string of the molecule is Fc1cc(F)cc(Oc2nc(Cl)ncc2F)c1. The highest BCUT2D eigenvalue weighted by atomic mass is 35.5. The molecule has 17 heavy (non-hydrogen) atoms. The number of nitrogens with zero attached hydrogens (tertiary/aromatic N) is 2. The van der Waals surface area contributed by atoms with Crippen molar-refractivity contribution in [2.75, 3.05) is 0 Å². The topological polar surface area (TPSA) is 35.0 Å². The van der Waals surface area contributed by atoms with Crippen LogP contribution in [0.2, 0.25) is 5.28 Å². The number of hydrogen-bond acceptors (Lipinski definition) is 3. The Labute approximate surface area is 98.8 Å². The molecule has 0 aliphatic rings. The molecule has 1 aromatic carbocycles. The van der Waals surface area contributed by atoms with Gasteiger partial charge < -0.3 is 4.74 Å².